The molecule has 0 aliphatic heterocycles. The number of rotatable bonds is 0. The zero-order valence-corrected chi connectivity index (χ0v) is 11.4. The number of nitrogen functional groups attached to an aromatic ring is 1. The molecule has 0 radical (unpaired) electrons. The van der Waals surface area contributed by atoms with Crippen molar-refractivity contribution in [2.24, 2.45) is 7.05 Å². The van der Waals surface area contributed by atoms with Gasteiger partial charge in [-0.2, -0.15) is 5.10 Å². The minimum Gasteiger partial charge on any atom is -0.857 e. The standard InChI is InChI=1S/C7H9N5O.K/c1-3-9-5-4(6(8)10-3)11-12(2)7(5)13;/h13H,1-2H3,(H2,8,9,10);/q;+1/p-1. The fourth-order valence-electron chi connectivity index (χ4n) is 1.18. The first-order valence-corrected chi connectivity index (χ1v) is 3.73. The molecule has 0 saturated carbocycles. The Bertz CT molecular complexity index is 480. The summed E-state index contributed by atoms with van der Waals surface area (Å²) >= 11 is 0. The maximum Gasteiger partial charge on any atom is 1.00 e. The molecule has 0 unspecified atom stereocenters. The first-order valence-electron chi connectivity index (χ1n) is 3.73. The molecule has 14 heavy (non-hydrogen) atoms. The molecule has 0 aliphatic rings. The molecule has 0 bridgehead atoms. The molecule has 7 heteroatoms. The van der Waals surface area contributed by atoms with Gasteiger partial charge in [0.25, 0.3) is 0 Å². The van der Waals surface area contributed by atoms with Gasteiger partial charge in [-0.1, -0.05) is 0 Å². The summed E-state index contributed by atoms with van der Waals surface area (Å²) in [5.74, 6) is 0.488. The van der Waals surface area contributed by atoms with Crippen LogP contribution in [0.2, 0.25) is 0 Å². The monoisotopic (exact) mass is 217 g/mol. The number of nitrogens with zero attached hydrogens (tertiary/aromatic N) is 4. The molecule has 2 rings (SSSR count). The van der Waals surface area contributed by atoms with Gasteiger partial charge in [0.15, 0.2) is 11.3 Å². The second-order valence-electron chi connectivity index (χ2n) is 2.78. The number of nitrogens with two attached hydrogens (primary N) is 1. The Kier molecular flexibility index (Phi) is 3.48. The quantitative estimate of drug-likeness (QED) is 0.459. The molecule has 0 aliphatic carbocycles. The van der Waals surface area contributed by atoms with E-state index in [1.54, 1.807) is 14.0 Å². The Balaban J connectivity index is 0.000000980. The van der Waals surface area contributed by atoms with Gasteiger partial charge < -0.3 is 10.8 Å². The molecule has 0 amide bonds. The van der Waals surface area contributed by atoms with Crippen molar-refractivity contribution < 1.29 is 56.5 Å². The normalized spacial score (nSPS) is 10.1. The zero-order chi connectivity index (χ0) is 9.59. The van der Waals surface area contributed by atoms with Crippen molar-refractivity contribution in [1.29, 1.82) is 0 Å². The van der Waals surface area contributed by atoms with E-state index >= 15 is 0 Å². The fourth-order valence-corrected chi connectivity index (χ4v) is 1.18. The van der Waals surface area contributed by atoms with Crippen LogP contribution in [-0.2, 0) is 7.05 Å². The molecule has 68 valence electrons. The van der Waals surface area contributed by atoms with Crippen molar-refractivity contribution in [3.63, 3.8) is 0 Å². The van der Waals surface area contributed by atoms with Crippen LogP contribution >= 0.6 is 0 Å². The average molecular weight is 217 g/mol. The summed E-state index contributed by atoms with van der Waals surface area (Å²) in [4.78, 5) is 7.88. The molecule has 0 saturated heterocycles. The predicted molar refractivity (Wildman–Crippen MR) is 44.9 cm³/mol. The molecule has 0 fully saturated rings. The summed E-state index contributed by atoms with van der Waals surface area (Å²) in [6.45, 7) is 1.68. The van der Waals surface area contributed by atoms with E-state index in [1.165, 1.54) is 4.68 Å². The van der Waals surface area contributed by atoms with Crippen LogP contribution in [0.1, 0.15) is 5.82 Å². The molecule has 6 nitrogen and oxygen atoms in total. The third-order valence-corrected chi connectivity index (χ3v) is 1.77. The van der Waals surface area contributed by atoms with Crippen molar-refractivity contribution in [2.75, 3.05) is 5.73 Å². The van der Waals surface area contributed by atoms with E-state index in [4.69, 9.17) is 5.73 Å². The van der Waals surface area contributed by atoms with E-state index in [2.05, 4.69) is 15.1 Å². The number of hydrogen-bond acceptors (Lipinski definition) is 5. The third-order valence-electron chi connectivity index (χ3n) is 1.77. The smallest absolute Gasteiger partial charge is 0.857 e. The number of aromatic nitrogens is 4. The summed E-state index contributed by atoms with van der Waals surface area (Å²) in [6.07, 6.45) is 0. The second-order valence-corrected chi connectivity index (χ2v) is 2.78. The second kappa shape index (κ2) is 4.11. The average Bonchev–Trinajstić information content (AvgIpc) is 2.32. The van der Waals surface area contributed by atoms with E-state index in [9.17, 15) is 5.11 Å². The maximum atomic E-state index is 11.4. The van der Waals surface area contributed by atoms with Crippen LogP contribution in [-0.4, -0.2) is 19.7 Å². The fraction of sp³-hybridized carbons (Fsp3) is 0.286. The number of hydrogen-bond donors (Lipinski definition) is 1. The molecule has 0 atom stereocenters. The predicted octanol–water partition coefficient (Wildman–Crippen LogP) is -3.67. The van der Waals surface area contributed by atoms with Gasteiger partial charge in [-0.3, -0.25) is 4.68 Å². The van der Waals surface area contributed by atoms with Gasteiger partial charge in [-0.25, -0.2) is 9.97 Å². The van der Waals surface area contributed by atoms with E-state index < -0.39 is 0 Å². The zero-order valence-electron chi connectivity index (χ0n) is 8.27. The SMILES string of the molecule is Cc1nc(N)c2nn(C)c([O-])c2n1.[K+]. The largest absolute Gasteiger partial charge is 1.00 e. The topological polar surface area (TPSA) is 92.7 Å². The summed E-state index contributed by atoms with van der Waals surface area (Å²) in [5.41, 5.74) is 6.23. The van der Waals surface area contributed by atoms with Crippen LogP contribution in [0.4, 0.5) is 5.82 Å². The van der Waals surface area contributed by atoms with Crippen LogP contribution in [0.5, 0.6) is 5.88 Å². The molecular formula is C7H8KN5O. The number of anilines is 1. The van der Waals surface area contributed by atoms with Crippen LogP contribution in [0, 0.1) is 6.92 Å². The van der Waals surface area contributed by atoms with Crippen molar-refractivity contribution in [3.05, 3.63) is 5.82 Å². The van der Waals surface area contributed by atoms with E-state index in [0.717, 1.165) is 0 Å². The number of aryl methyl sites for hydroxylation is 2. The van der Waals surface area contributed by atoms with Crippen molar-refractivity contribution in [3.8, 4) is 5.88 Å². The molecule has 2 heterocycles. The van der Waals surface area contributed by atoms with Gasteiger partial charge in [0.2, 0.25) is 0 Å². The van der Waals surface area contributed by atoms with Gasteiger partial charge in [0, 0.05) is 12.9 Å². The molecule has 2 aromatic rings. The van der Waals surface area contributed by atoms with Crippen molar-refractivity contribution >= 4 is 16.9 Å². The van der Waals surface area contributed by atoms with E-state index in [1.807, 2.05) is 0 Å². The van der Waals surface area contributed by atoms with Gasteiger partial charge >= 0.3 is 51.4 Å². The van der Waals surface area contributed by atoms with E-state index in [0.29, 0.717) is 11.3 Å². The Morgan fingerprint density at radius 3 is 2.57 bits per heavy atom. The number of fused-ring (bicyclic) bond motifs is 1. The molecule has 0 spiro atoms. The van der Waals surface area contributed by atoms with Crippen LogP contribution in [0.25, 0.3) is 11.0 Å². The Labute approximate surface area is 123 Å². The molecule has 2 N–H and O–H groups in total. The van der Waals surface area contributed by atoms with E-state index in [-0.39, 0.29) is 68.6 Å². The van der Waals surface area contributed by atoms with Gasteiger partial charge in [-0.05, 0) is 6.92 Å². The Morgan fingerprint density at radius 1 is 1.29 bits per heavy atom. The van der Waals surface area contributed by atoms with Crippen molar-refractivity contribution in [1.82, 2.24) is 19.7 Å². The maximum absolute atomic E-state index is 11.4. The minimum atomic E-state index is -0.243. The summed E-state index contributed by atoms with van der Waals surface area (Å²) in [6, 6.07) is 0. The van der Waals surface area contributed by atoms with Crippen LogP contribution in [0.15, 0.2) is 0 Å². The molecular weight excluding hydrogens is 209 g/mol. The molecule has 2 aromatic heterocycles. The minimum absolute atomic E-state index is 0. The van der Waals surface area contributed by atoms with Gasteiger partial charge in [0.05, 0.1) is 0 Å². The summed E-state index contributed by atoms with van der Waals surface area (Å²) < 4.78 is 1.20. The van der Waals surface area contributed by atoms with Gasteiger partial charge in [-0.15, -0.1) is 0 Å². The van der Waals surface area contributed by atoms with Crippen molar-refractivity contribution in [2.45, 2.75) is 6.92 Å². The Morgan fingerprint density at radius 2 is 1.93 bits per heavy atom. The summed E-state index contributed by atoms with van der Waals surface area (Å²) in [5, 5.41) is 15.3. The van der Waals surface area contributed by atoms with Gasteiger partial charge in [0.1, 0.15) is 11.3 Å². The first kappa shape index (κ1) is 11.9. The van der Waals surface area contributed by atoms with Crippen LogP contribution < -0.4 is 62.2 Å². The third kappa shape index (κ3) is 1.78. The first-order chi connectivity index (χ1) is 6.09. The van der Waals surface area contributed by atoms with Crippen LogP contribution in [0.3, 0.4) is 0 Å². The summed E-state index contributed by atoms with van der Waals surface area (Å²) in [7, 11) is 1.55. The molecule has 0 aromatic carbocycles. The Hall–Kier alpha value is -0.214.